The highest BCUT2D eigenvalue weighted by Gasteiger charge is 2.14. The quantitative estimate of drug-likeness (QED) is 0.884. The van der Waals surface area contributed by atoms with Crippen molar-refractivity contribution >= 4 is 11.6 Å². The van der Waals surface area contributed by atoms with Crippen LogP contribution in [0.3, 0.4) is 0 Å². The van der Waals surface area contributed by atoms with Crippen LogP contribution in [0.15, 0.2) is 47.3 Å². The number of benzene rings is 1. The number of aliphatic hydroxyl groups is 1. The fourth-order valence-corrected chi connectivity index (χ4v) is 2.06. The first kappa shape index (κ1) is 11.2. The van der Waals surface area contributed by atoms with Gasteiger partial charge < -0.3 is 9.52 Å². The number of halogens is 1. The van der Waals surface area contributed by atoms with E-state index < -0.39 is 0 Å². The zero-order chi connectivity index (χ0) is 11.4. The molecule has 0 saturated carbocycles. The molecule has 16 heavy (non-hydrogen) atoms. The fraction of sp³-hybridized carbons (Fsp3) is 0.231. The number of furan rings is 1. The molecule has 1 atom stereocenters. The summed E-state index contributed by atoms with van der Waals surface area (Å²) in [6, 6.07) is 9.51. The van der Waals surface area contributed by atoms with E-state index in [1.807, 2.05) is 30.3 Å². The molecule has 1 heterocycles. The molecule has 0 aliphatic rings. The largest absolute Gasteiger partial charge is 0.472 e. The van der Waals surface area contributed by atoms with Crippen molar-refractivity contribution in [3.05, 3.63) is 59.0 Å². The predicted octanol–water partition coefficient (Wildman–Crippen LogP) is 3.25. The van der Waals surface area contributed by atoms with E-state index in [2.05, 4.69) is 0 Å². The lowest BCUT2D eigenvalue weighted by Gasteiger charge is -2.14. The van der Waals surface area contributed by atoms with E-state index >= 15 is 0 Å². The van der Waals surface area contributed by atoms with E-state index in [0.717, 1.165) is 17.5 Å². The maximum atomic E-state index is 9.41. The van der Waals surface area contributed by atoms with Gasteiger partial charge in [0.15, 0.2) is 0 Å². The minimum Gasteiger partial charge on any atom is -0.472 e. The minimum absolute atomic E-state index is 0.0197. The van der Waals surface area contributed by atoms with Gasteiger partial charge in [0.25, 0.3) is 0 Å². The van der Waals surface area contributed by atoms with E-state index in [-0.39, 0.29) is 12.5 Å². The third kappa shape index (κ3) is 2.46. The number of aliphatic hydroxyl groups excluding tert-OH is 1. The van der Waals surface area contributed by atoms with Gasteiger partial charge in [-0.05, 0) is 29.7 Å². The molecule has 84 valence electrons. The predicted molar refractivity (Wildman–Crippen MR) is 63.7 cm³/mol. The third-order valence-electron chi connectivity index (χ3n) is 2.63. The molecule has 0 aliphatic carbocycles. The van der Waals surface area contributed by atoms with Crippen molar-refractivity contribution in [2.24, 2.45) is 0 Å². The van der Waals surface area contributed by atoms with E-state index in [0.29, 0.717) is 5.02 Å². The van der Waals surface area contributed by atoms with Gasteiger partial charge in [0.1, 0.15) is 0 Å². The SMILES string of the molecule is OCC(Cc1ccoc1)c1ccccc1Cl. The summed E-state index contributed by atoms with van der Waals surface area (Å²) in [7, 11) is 0. The summed E-state index contributed by atoms with van der Waals surface area (Å²) in [4.78, 5) is 0. The second-order valence-electron chi connectivity index (χ2n) is 3.74. The number of hydrogen-bond acceptors (Lipinski definition) is 2. The average Bonchev–Trinajstić information content (AvgIpc) is 2.80. The van der Waals surface area contributed by atoms with Gasteiger partial charge in [-0.2, -0.15) is 0 Å². The Labute approximate surface area is 99.5 Å². The standard InChI is InChI=1S/C13H13ClO2/c14-13-4-2-1-3-12(13)11(8-15)7-10-5-6-16-9-10/h1-6,9,11,15H,7-8H2. The van der Waals surface area contributed by atoms with Gasteiger partial charge in [0.05, 0.1) is 19.1 Å². The van der Waals surface area contributed by atoms with Crippen LogP contribution in [0.25, 0.3) is 0 Å². The van der Waals surface area contributed by atoms with Crippen molar-refractivity contribution in [3.63, 3.8) is 0 Å². The van der Waals surface area contributed by atoms with Crippen LogP contribution in [0.1, 0.15) is 17.0 Å². The highest BCUT2D eigenvalue weighted by Crippen LogP contribution is 2.27. The molecular formula is C13H13ClO2. The Morgan fingerprint density at radius 1 is 1.25 bits per heavy atom. The first-order valence-electron chi connectivity index (χ1n) is 5.17. The lowest BCUT2D eigenvalue weighted by molar-refractivity contribution is 0.264. The smallest absolute Gasteiger partial charge is 0.0934 e. The van der Waals surface area contributed by atoms with Crippen molar-refractivity contribution in [3.8, 4) is 0 Å². The lowest BCUT2D eigenvalue weighted by atomic mass is 9.94. The molecule has 2 aromatic rings. The molecule has 0 radical (unpaired) electrons. The highest BCUT2D eigenvalue weighted by atomic mass is 35.5. The van der Waals surface area contributed by atoms with Crippen LogP contribution in [0.5, 0.6) is 0 Å². The summed E-state index contributed by atoms with van der Waals surface area (Å²) in [5.41, 5.74) is 2.05. The topological polar surface area (TPSA) is 33.4 Å². The fourth-order valence-electron chi connectivity index (χ4n) is 1.77. The van der Waals surface area contributed by atoms with Crippen LogP contribution in [0, 0.1) is 0 Å². The summed E-state index contributed by atoms with van der Waals surface area (Å²) in [5, 5.41) is 10.1. The Morgan fingerprint density at radius 3 is 2.69 bits per heavy atom. The molecule has 0 aliphatic heterocycles. The maximum Gasteiger partial charge on any atom is 0.0934 e. The molecular weight excluding hydrogens is 224 g/mol. The van der Waals surface area contributed by atoms with Crippen molar-refractivity contribution in [1.29, 1.82) is 0 Å². The van der Waals surface area contributed by atoms with E-state index in [4.69, 9.17) is 16.0 Å². The Balaban J connectivity index is 2.20. The molecule has 1 aromatic heterocycles. The molecule has 0 spiro atoms. The summed E-state index contributed by atoms with van der Waals surface area (Å²) in [6.45, 7) is 0.0783. The van der Waals surface area contributed by atoms with Gasteiger partial charge in [-0.15, -0.1) is 0 Å². The van der Waals surface area contributed by atoms with E-state index in [1.54, 1.807) is 12.5 Å². The Bertz CT molecular complexity index is 437. The lowest BCUT2D eigenvalue weighted by Crippen LogP contribution is -2.07. The Morgan fingerprint density at radius 2 is 2.06 bits per heavy atom. The van der Waals surface area contributed by atoms with Crippen molar-refractivity contribution < 1.29 is 9.52 Å². The average molecular weight is 237 g/mol. The van der Waals surface area contributed by atoms with E-state index in [9.17, 15) is 5.11 Å². The molecule has 0 fully saturated rings. The molecule has 3 heteroatoms. The van der Waals surface area contributed by atoms with Crippen LogP contribution in [-0.4, -0.2) is 11.7 Å². The van der Waals surface area contributed by atoms with Gasteiger partial charge >= 0.3 is 0 Å². The molecule has 0 bridgehead atoms. The van der Waals surface area contributed by atoms with Crippen molar-refractivity contribution in [2.75, 3.05) is 6.61 Å². The Kier molecular flexibility index (Phi) is 3.65. The maximum absolute atomic E-state index is 9.41. The normalized spacial score (nSPS) is 12.6. The van der Waals surface area contributed by atoms with Gasteiger partial charge in [-0.3, -0.25) is 0 Å². The van der Waals surface area contributed by atoms with Gasteiger partial charge in [0.2, 0.25) is 0 Å². The van der Waals surface area contributed by atoms with Gasteiger partial charge in [0, 0.05) is 10.9 Å². The summed E-state index contributed by atoms with van der Waals surface area (Å²) in [5.74, 6) is 0.0197. The van der Waals surface area contributed by atoms with Crippen LogP contribution in [0.4, 0.5) is 0 Å². The van der Waals surface area contributed by atoms with Crippen LogP contribution in [0.2, 0.25) is 5.02 Å². The molecule has 2 rings (SSSR count). The first-order valence-corrected chi connectivity index (χ1v) is 5.55. The molecule has 2 nitrogen and oxygen atoms in total. The number of rotatable bonds is 4. The first-order chi connectivity index (χ1) is 7.81. The molecule has 1 N–H and O–H groups in total. The van der Waals surface area contributed by atoms with Gasteiger partial charge in [-0.1, -0.05) is 29.8 Å². The Hall–Kier alpha value is -1.25. The van der Waals surface area contributed by atoms with Crippen LogP contribution >= 0.6 is 11.6 Å². The second-order valence-corrected chi connectivity index (χ2v) is 4.14. The number of hydrogen-bond donors (Lipinski definition) is 1. The van der Waals surface area contributed by atoms with Gasteiger partial charge in [-0.25, -0.2) is 0 Å². The molecule has 0 saturated heterocycles. The summed E-state index contributed by atoms with van der Waals surface area (Å²) >= 11 is 6.10. The molecule has 0 amide bonds. The summed E-state index contributed by atoms with van der Waals surface area (Å²) < 4.78 is 5.01. The summed E-state index contributed by atoms with van der Waals surface area (Å²) in [6.07, 6.45) is 4.06. The molecule has 1 aromatic carbocycles. The third-order valence-corrected chi connectivity index (χ3v) is 2.97. The molecule has 1 unspecified atom stereocenters. The zero-order valence-corrected chi connectivity index (χ0v) is 9.52. The highest BCUT2D eigenvalue weighted by molar-refractivity contribution is 6.31. The van der Waals surface area contributed by atoms with Crippen LogP contribution in [-0.2, 0) is 6.42 Å². The van der Waals surface area contributed by atoms with Crippen LogP contribution < -0.4 is 0 Å². The minimum atomic E-state index is 0.0197. The zero-order valence-electron chi connectivity index (χ0n) is 8.77. The van der Waals surface area contributed by atoms with Crippen molar-refractivity contribution in [1.82, 2.24) is 0 Å². The second kappa shape index (κ2) is 5.19. The van der Waals surface area contributed by atoms with E-state index in [1.165, 1.54) is 0 Å². The van der Waals surface area contributed by atoms with Crippen molar-refractivity contribution in [2.45, 2.75) is 12.3 Å². The monoisotopic (exact) mass is 236 g/mol.